The summed E-state index contributed by atoms with van der Waals surface area (Å²) < 4.78 is 0. The zero-order valence-corrected chi connectivity index (χ0v) is 11.6. The lowest BCUT2D eigenvalue weighted by Gasteiger charge is -2.20. The van der Waals surface area contributed by atoms with Crippen LogP contribution in [0.1, 0.15) is 12.8 Å². The first kappa shape index (κ1) is 13.8. The number of nitro groups is 1. The Kier molecular flexibility index (Phi) is 3.70. The van der Waals surface area contributed by atoms with Crippen molar-refractivity contribution in [1.82, 2.24) is 4.98 Å². The molecule has 1 N–H and O–H groups in total. The van der Waals surface area contributed by atoms with Crippen molar-refractivity contribution < 1.29 is 10.0 Å². The van der Waals surface area contributed by atoms with Gasteiger partial charge >= 0.3 is 5.69 Å². The predicted octanol–water partition coefficient (Wildman–Crippen LogP) is 2.35. The fourth-order valence-corrected chi connectivity index (χ4v) is 3.04. The van der Waals surface area contributed by atoms with E-state index in [1.165, 1.54) is 6.20 Å². The van der Waals surface area contributed by atoms with Gasteiger partial charge in [-0.15, -0.1) is 0 Å². The van der Waals surface area contributed by atoms with Crippen LogP contribution in [-0.2, 0) is 0 Å². The first-order valence-electron chi connectivity index (χ1n) is 7.08. The Labute approximate surface area is 122 Å². The van der Waals surface area contributed by atoms with E-state index in [2.05, 4.69) is 9.88 Å². The van der Waals surface area contributed by atoms with Crippen LogP contribution in [0.15, 0.2) is 30.5 Å². The van der Waals surface area contributed by atoms with Gasteiger partial charge in [-0.05, 0) is 24.8 Å². The number of para-hydroxylation sites is 1. The fourth-order valence-electron chi connectivity index (χ4n) is 3.04. The van der Waals surface area contributed by atoms with Crippen LogP contribution in [0.5, 0.6) is 0 Å². The van der Waals surface area contributed by atoms with Crippen molar-refractivity contribution in [3.05, 3.63) is 40.6 Å². The van der Waals surface area contributed by atoms with Gasteiger partial charge in [0, 0.05) is 25.1 Å². The van der Waals surface area contributed by atoms with Crippen molar-refractivity contribution in [2.24, 2.45) is 5.92 Å². The van der Waals surface area contributed by atoms with Crippen molar-refractivity contribution in [1.29, 1.82) is 0 Å². The highest BCUT2D eigenvalue weighted by Crippen LogP contribution is 2.37. The molecule has 2 aromatic rings. The minimum Gasteiger partial charge on any atom is -0.396 e. The third kappa shape index (κ3) is 2.54. The number of anilines is 1. The van der Waals surface area contributed by atoms with Gasteiger partial charge in [0.15, 0.2) is 0 Å². The van der Waals surface area contributed by atoms with Crippen LogP contribution in [0.3, 0.4) is 0 Å². The molecule has 1 unspecified atom stereocenters. The Morgan fingerprint density at radius 1 is 1.43 bits per heavy atom. The highest BCUT2D eigenvalue weighted by Gasteiger charge is 2.29. The summed E-state index contributed by atoms with van der Waals surface area (Å²) in [5.74, 6) is 0.390. The molecule has 0 aliphatic carbocycles. The molecule has 1 aliphatic heterocycles. The van der Waals surface area contributed by atoms with E-state index in [1.807, 2.05) is 24.3 Å². The number of pyridine rings is 1. The zero-order chi connectivity index (χ0) is 14.8. The summed E-state index contributed by atoms with van der Waals surface area (Å²) in [6.45, 7) is 1.69. The van der Waals surface area contributed by atoms with Crippen molar-refractivity contribution in [3.8, 4) is 0 Å². The normalized spacial score (nSPS) is 18.3. The van der Waals surface area contributed by atoms with E-state index in [9.17, 15) is 10.1 Å². The van der Waals surface area contributed by atoms with E-state index in [-0.39, 0.29) is 17.2 Å². The van der Waals surface area contributed by atoms with Crippen molar-refractivity contribution in [2.45, 2.75) is 12.8 Å². The van der Waals surface area contributed by atoms with Gasteiger partial charge in [0.05, 0.1) is 10.4 Å². The molecule has 2 heterocycles. The highest BCUT2D eigenvalue weighted by molar-refractivity contribution is 5.96. The lowest BCUT2D eigenvalue weighted by Crippen LogP contribution is -2.21. The van der Waals surface area contributed by atoms with E-state index in [0.717, 1.165) is 36.8 Å². The Bertz CT molecular complexity index is 674. The molecule has 0 saturated carbocycles. The van der Waals surface area contributed by atoms with Gasteiger partial charge < -0.3 is 10.0 Å². The monoisotopic (exact) mass is 287 g/mol. The quantitative estimate of drug-likeness (QED) is 0.689. The molecule has 3 rings (SSSR count). The highest BCUT2D eigenvalue weighted by atomic mass is 16.6. The van der Waals surface area contributed by atoms with Crippen LogP contribution < -0.4 is 4.90 Å². The lowest BCUT2D eigenvalue weighted by molar-refractivity contribution is -0.384. The van der Waals surface area contributed by atoms with Gasteiger partial charge in [-0.2, -0.15) is 0 Å². The van der Waals surface area contributed by atoms with E-state index in [4.69, 9.17) is 5.11 Å². The SMILES string of the molecule is O=[N+]([O-])c1cnc2ccccc2c1N1CCC(CCO)C1. The van der Waals surface area contributed by atoms with E-state index < -0.39 is 0 Å². The van der Waals surface area contributed by atoms with Crippen LogP contribution in [0.25, 0.3) is 10.9 Å². The molecule has 1 aromatic carbocycles. The van der Waals surface area contributed by atoms with E-state index in [0.29, 0.717) is 11.6 Å². The summed E-state index contributed by atoms with van der Waals surface area (Å²) in [7, 11) is 0. The number of hydrogen-bond acceptors (Lipinski definition) is 5. The number of aliphatic hydroxyl groups excluding tert-OH is 1. The molecule has 1 fully saturated rings. The Morgan fingerprint density at radius 3 is 3.00 bits per heavy atom. The van der Waals surface area contributed by atoms with Gasteiger partial charge in [-0.3, -0.25) is 10.1 Å². The van der Waals surface area contributed by atoms with Gasteiger partial charge in [-0.1, -0.05) is 18.2 Å². The molecule has 0 spiro atoms. The molecule has 0 amide bonds. The zero-order valence-electron chi connectivity index (χ0n) is 11.6. The van der Waals surface area contributed by atoms with Gasteiger partial charge in [0.25, 0.3) is 0 Å². The molecule has 1 aromatic heterocycles. The molecule has 21 heavy (non-hydrogen) atoms. The third-order valence-corrected chi connectivity index (χ3v) is 4.06. The number of rotatable bonds is 4. The molecule has 6 heteroatoms. The van der Waals surface area contributed by atoms with Gasteiger partial charge in [-0.25, -0.2) is 4.98 Å². The number of aromatic nitrogens is 1. The average Bonchev–Trinajstić information content (AvgIpc) is 2.94. The fraction of sp³-hybridized carbons (Fsp3) is 0.400. The smallest absolute Gasteiger partial charge is 0.311 e. The number of benzene rings is 1. The molecule has 6 nitrogen and oxygen atoms in total. The molecular weight excluding hydrogens is 270 g/mol. The molecule has 110 valence electrons. The summed E-state index contributed by atoms with van der Waals surface area (Å²) >= 11 is 0. The Morgan fingerprint density at radius 2 is 2.24 bits per heavy atom. The lowest BCUT2D eigenvalue weighted by atomic mass is 10.1. The average molecular weight is 287 g/mol. The molecule has 1 saturated heterocycles. The number of fused-ring (bicyclic) bond motifs is 1. The topological polar surface area (TPSA) is 79.5 Å². The second-order valence-corrected chi connectivity index (χ2v) is 5.38. The second-order valence-electron chi connectivity index (χ2n) is 5.38. The first-order chi connectivity index (χ1) is 10.2. The maximum Gasteiger partial charge on any atom is 0.311 e. The van der Waals surface area contributed by atoms with Crippen molar-refractivity contribution in [2.75, 3.05) is 24.6 Å². The predicted molar refractivity (Wildman–Crippen MR) is 80.4 cm³/mol. The molecule has 1 aliphatic rings. The van der Waals surface area contributed by atoms with Crippen LogP contribution in [-0.4, -0.2) is 34.7 Å². The summed E-state index contributed by atoms with van der Waals surface area (Å²) in [6.07, 6.45) is 3.04. The van der Waals surface area contributed by atoms with Crippen LogP contribution in [0.4, 0.5) is 11.4 Å². The molecule has 0 bridgehead atoms. The summed E-state index contributed by atoms with van der Waals surface area (Å²) in [5.41, 5.74) is 1.48. The van der Waals surface area contributed by atoms with Gasteiger partial charge in [0.2, 0.25) is 0 Å². The maximum absolute atomic E-state index is 11.3. The largest absolute Gasteiger partial charge is 0.396 e. The Hall–Kier alpha value is -2.21. The first-order valence-corrected chi connectivity index (χ1v) is 7.08. The summed E-state index contributed by atoms with van der Waals surface area (Å²) in [6, 6.07) is 7.50. The van der Waals surface area contributed by atoms with Crippen molar-refractivity contribution >= 4 is 22.3 Å². The molecule has 1 atom stereocenters. The van der Waals surface area contributed by atoms with Gasteiger partial charge in [0.1, 0.15) is 11.9 Å². The molecular formula is C15H17N3O3. The summed E-state index contributed by atoms with van der Waals surface area (Å²) in [5, 5.41) is 21.2. The maximum atomic E-state index is 11.3. The van der Waals surface area contributed by atoms with E-state index in [1.54, 1.807) is 0 Å². The van der Waals surface area contributed by atoms with E-state index >= 15 is 0 Å². The van der Waals surface area contributed by atoms with Crippen LogP contribution >= 0.6 is 0 Å². The van der Waals surface area contributed by atoms with Crippen molar-refractivity contribution in [3.63, 3.8) is 0 Å². The Balaban J connectivity index is 2.07. The number of hydrogen-bond donors (Lipinski definition) is 1. The molecule has 0 radical (unpaired) electrons. The number of nitrogens with zero attached hydrogens (tertiary/aromatic N) is 3. The number of aliphatic hydroxyl groups is 1. The third-order valence-electron chi connectivity index (χ3n) is 4.06. The minimum absolute atomic E-state index is 0.0540. The van der Waals surface area contributed by atoms with Crippen LogP contribution in [0.2, 0.25) is 0 Å². The standard InChI is InChI=1S/C15H17N3O3/c19-8-6-11-5-7-17(10-11)15-12-3-1-2-4-13(12)16-9-14(15)18(20)21/h1-4,9,11,19H,5-8,10H2. The van der Waals surface area contributed by atoms with Crippen LogP contribution in [0, 0.1) is 16.0 Å². The summed E-state index contributed by atoms with van der Waals surface area (Å²) in [4.78, 5) is 17.2. The second kappa shape index (κ2) is 5.65. The minimum atomic E-state index is -0.367.